The number of aryl methyl sites for hydroxylation is 2. The van der Waals surface area contributed by atoms with E-state index in [-0.39, 0.29) is 17.7 Å². The number of phenols is 1. The minimum atomic E-state index is -0.362. The molecule has 0 saturated carbocycles. The Morgan fingerprint density at radius 3 is 2.79 bits per heavy atom. The van der Waals surface area contributed by atoms with Crippen LogP contribution in [0.25, 0.3) is 11.3 Å². The Kier molecular flexibility index (Phi) is 6.54. The van der Waals surface area contributed by atoms with Crippen molar-refractivity contribution < 1.29 is 14.6 Å². The number of unbranched alkanes of at least 4 members (excludes halogenated alkanes) is 2. The smallest absolute Gasteiger partial charge is 0.273 e. The van der Waals surface area contributed by atoms with Crippen LogP contribution in [0.1, 0.15) is 65.0 Å². The molecule has 4 rings (SSSR count). The Balaban J connectivity index is 1.80. The van der Waals surface area contributed by atoms with Crippen molar-refractivity contribution in [3.8, 4) is 22.8 Å². The van der Waals surface area contributed by atoms with Crippen LogP contribution in [0.2, 0.25) is 0 Å². The number of hydrogen-bond acceptors (Lipinski definition) is 4. The number of aromatic hydroxyl groups is 1. The third-order valence-corrected chi connectivity index (χ3v) is 6.08. The van der Waals surface area contributed by atoms with Gasteiger partial charge in [-0.25, -0.2) is 0 Å². The van der Waals surface area contributed by atoms with Crippen LogP contribution in [-0.2, 0) is 0 Å². The minimum absolute atomic E-state index is 0.132. The Bertz CT molecular complexity index is 1160. The summed E-state index contributed by atoms with van der Waals surface area (Å²) in [4.78, 5) is 15.1. The Morgan fingerprint density at radius 1 is 1.24 bits per heavy atom. The van der Waals surface area contributed by atoms with E-state index in [1.54, 1.807) is 17.0 Å². The monoisotopic (exact) mass is 445 g/mol. The topological polar surface area (TPSA) is 78.5 Å². The van der Waals surface area contributed by atoms with Crippen LogP contribution in [0, 0.1) is 13.8 Å². The summed E-state index contributed by atoms with van der Waals surface area (Å²) in [5.41, 5.74) is 5.27. The van der Waals surface area contributed by atoms with Crippen molar-refractivity contribution in [1.29, 1.82) is 0 Å². The van der Waals surface area contributed by atoms with Gasteiger partial charge in [0.2, 0.25) is 0 Å². The van der Waals surface area contributed by atoms with E-state index in [4.69, 9.17) is 4.74 Å². The van der Waals surface area contributed by atoms with Gasteiger partial charge in [0.1, 0.15) is 22.9 Å². The highest BCUT2D eigenvalue weighted by atomic mass is 16.5. The fraction of sp³-hybridized carbons (Fsp3) is 0.333. The van der Waals surface area contributed by atoms with Crippen molar-refractivity contribution >= 4 is 5.91 Å². The lowest BCUT2D eigenvalue weighted by Gasteiger charge is -2.25. The molecule has 1 amide bonds. The first-order valence-electron chi connectivity index (χ1n) is 11.5. The summed E-state index contributed by atoms with van der Waals surface area (Å²) in [6.07, 6.45) is 5.00. The molecular formula is C27H31N3O3. The number of phenolic OH excluding ortho intramolecular Hbond substituents is 1. The number of aromatic amines is 1. The summed E-state index contributed by atoms with van der Waals surface area (Å²) in [5.74, 6) is 0.804. The van der Waals surface area contributed by atoms with E-state index >= 15 is 0 Å². The lowest BCUT2D eigenvalue weighted by Crippen LogP contribution is -2.29. The van der Waals surface area contributed by atoms with Gasteiger partial charge in [-0.3, -0.25) is 9.89 Å². The van der Waals surface area contributed by atoms with Crippen LogP contribution in [0.3, 0.4) is 0 Å². The van der Waals surface area contributed by atoms with Gasteiger partial charge in [-0.2, -0.15) is 5.10 Å². The zero-order chi connectivity index (χ0) is 23.5. The number of nitrogens with zero attached hydrogens (tertiary/aromatic N) is 2. The van der Waals surface area contributed by atoms with Crippen LogP contribution in [0.15, 0.2) is 49.1 Å². The molecule has 1 aliphatic heterocycles. The van der Waals surface area contributed by atoms with Crippen molar-refractivity contribution in [2.75, 3.05) is 13.2 Å². The second-order valence-corrected chi connectivity index (χ2v) is 8.61. The van der Waals surface area contributed by atoms with E-state index in [0.717, 1.165) is 47.3 Å². The van der Waals surface area contributed by atoms with E-state index in [2.05, 4.69) is 23.7 Å². The van der Waals surface area contributed by atoms with Crippen LogP contribution in [0.5, 0.6) is 11.5 Å². The summed E-state index contributed by atoms with van der Waals surface area (Å²) in [7, 11) is 0. The molecule has 33 heavy (non-hydrogen) atoms. The first kappa shape index (κ1) is 22.6. The summed E-state index contributed by atoms with van der Waals surface area (Å²) >= 11 is 0. The number of aromatic nitrogens is 2. The van der Waals surface area contributed by atoms with Gasteiger partial charge in [-0.15, -0.1) is 6.58 Å². The highest BCUT2D eigenvalue weighted by Crippen LogP contribution is 2.45. The molecule has 172 valence electrons. The quantitative estimate of drug-likeness (QED) is 0.327. The number of nitrogens with one attached hydrogen (secondary N) is 1. The zero-order valence-corrected chi connectivity index (χ0v) is 19.5. The Hall–Kier alpha value is -3.54. The normalized spacial score (nSPS) is 15.1. The fourth-order valence-corrected chi connectivity index (χ4v) is 4.63. The molecular weight excluding hydrogens is 414 g/mol. The van der Waals surface area contributed by atoms with Gasteiger partial charge in [0.15, 0.2) is 0 Å². The first-order chi connectivity index (χ1) is 16.0. The van der Waals surface area contributed by atoms with Crippen molar-refractivity contribution in [3.63, 3.8) is 0 Å². The van der Waals surface area contributed by atoms with E-state index in [0.29, 0.717) is 30.1 Å². The zero-order valence-electron chi connectivity index (χ0n) is 19.5. The number of carbonyl (C=O) groups excluding carboxylic acids is 1. The van der Waals surface area contributed by atoms with Crippen LogP contribution in [-0.4, -0.2) is 39.3 Å². The maximum atomic E-state index is 13.3. The Labute approximate surface area is 194 Å². The van der Waals surface area contributed by atoms with Crippen LogP contribution in [0.4, 0.5) is 0 Å². The molecule has 2 aromatic carbocycles. The predicted molar refractivity (Wildman–Crippen MR) is 130 cm³/mol. The second-order valence-electron chi connectivity index (χ2n) is 8.61. The molecule has 3 aromatic rings. The molecule has 0 saturated heterocycles. The number of benzene rings is 2. The van der Waals surface area contributed by atoms with Gasteiger partial charge in [-0.05, 0) is 55.2 Å². The van der Waals surface area contributed by atoms with Crippen molar-refractivity contribution in [2.24, 2.45) is 0 Å². The molecule has 1 aromatic heterocycles. The number of hydrogen-bond donors (Lipinski definition) is 2. The summed E-state index contributed by atoms with van der Waals surface area (Å²) < 4.78 is 5.98. The van der Waals surface area contributed by atoms with Crippen molar-refractivity contribution in [3.05, 3.63) is 77.0 Å². The summed E-state index contributed by atoms with van der Waals surface area (Å²) in [6.45, 7) is 11.0. The highest BCUT2D eigenvalue weighted by molar-refractivity contribution is 6.00. The number of fused-ring (bicyclic) bond motifs is 1. The van der Waals surface area contributed by atoms with Gasteiger partial charge >= 0.3 is 0 Å². The van der Waals surface area contributed by atoms with Gasteiger partial charge in [0.25, 0.3) is 5.91 Å². The average Bonchev–Trinajstić information content (AvgIpc) is 3.31. The molecule has 2 heterocycles. The molecule has 6 heteroatoms. The largest absolute Gasteiger partial charge is 0.507 e. The molecule has 0 bridgehead atoms. The van der Waals surface area contributed by atoms with Gasteiger partial charge in [0, 0.05) is 17.7 Å². The average molecular weight is 446 g/mol. The summed E-state index contributed by atoms with van der Waals surface area (Å²) in [6, 6.07) is 11.3. The van der Waals surface area contributed by atoms with Crippen LogP contribution >= 0.6 is 0 Å². The molecule has 0 radical (unpaired) electrons. The third kappa shape index (κ3) is 4.25. The number of carbonyl (C=O) groups is 1. The molecule has 6 nitrogen and oxygen atoms in total. The van der Waals surface area contributed by atoms with E-state index in [1.165, 1.54) is 0 Å². The molecule has 0 spiro atoms. The predicted octanol–water partition coefficient (Wildman–Crippen LogP) is 5.70. The molecule has 1 unspecified atom stereocenters. The van der Waals surface area contributed by atoms with Gasteiger partial charge < -0.3 is 14.7 Å². The maximum absolute atomic E-state index is 13.3. The number of H-pyrrole nitrogens is 1. The SMILES string of the molecule is C=CCN1C(=O)c2[nH]nc(-c3c(C)cc(C)cc3O)c2C1c1cccc(OCCCCC)c1. The van der Waals surface area contributed by atoms with Gasteiger partial charge in [-0.1, -0.05) is 44.0 Å². The lowest BCUT2D eigenvalue weighted by atomic mass is 9.93. The van der Waals surface area contributed by atoms with Gasteiger partial charge in [0.05, 0.1) is 12.6 Å². The number of amides is 1. The third-order valence-electron chi connectivity index (χ3n) is 6.08. The molecule has 0 aliphatic carbocycles. The standard InChI is InChI=1S/C27H31N3O3/c1-5-7-8-13-33-20-11-9-10-19(16-20)26-23-24(22-18(4)14-17(3)15-21(22)31)28-29-25(23)27(32)30(26)12-6-2/h6,9-11,14-16,26,31H,2,5,7-8,12-13H2,1,3-4H3,(H,28,29). The van der Waals surface area contributed by atoms with Crippen LogP contribution < -0.4 is 4.74 Å². The van der Waals surface area contributed by atoms with E-state index < -0.39 is 0 Å². The van der Waals surface area contributed by atoms with E-state index in [1.807, 2.05) is 44.2 Å². The second kappa shape index (κ2) is 9.53. The fourth-order valence-electron chi connectivity index (χ4n) is 4.63. The molecule has 1 aliphatic rings. The number of rotatable bonds is 9. The van der Waals surface area contributed by atoms with E-state index in [9.17, 15) is 9.90 Å². The van der Waals surface area contributed by atoms with Crippen molar-refractivity contribution in [2.45, 2.75) is 46.1 Å². The maximum Gasteiger partial charge on any atom is 0.273 e. The summed E-state index contributed by atoms with van der Waals surface area (Å²) in [5, 5.41) is 18.2. The Morgan fingerprint density at radius 2 is 2.06 bits per heavy atom. The molecule has 0 fully saturated rings. The first-order valence-corrected chi connectivity index (χ1v) is 11.5. The minimum Gasteiger partial charge on any atom is -0.507 e. The number of ether oxygens (including phenoxy) is 1. The lowest BCUT2D eigenvalue weighted by molar-refractivity contribution is 0.0764. The molecule has 2 N–H and O–H groups in total. The highest BCUT2D eigenvalue weighted by Gasteiger charge is 2.42. The molecule has 1 atom stereocenters. The van der Waals surface area contributed by atoms with Crippen molar-refractivity contribution in [1.82, 2.24) is 15.1 Å².